The molecule has 0 atom stereocenters. The summed E-state index contributed by atoms with van der Waals surface area (Å²) < 4.78 is 0. The molecule has 0 bridgehead atoms. The molecule has 0 aliphatic carbocycles. The molecule has 0 aromatic carbocycles. The van der Waals surface area contributed by atoms with Gasteiger partial charge in [0, 0.05) is 0 Å². The Morgan fingerprint density at radius 1 is 1.83 bits per heavy atom. The van der Waals surface area contributed by atoms with E-state index in [1.807, 2.05) is 0 Å². The van der Waals surface area contributed by atoms with Gasteiger partial charge in [0.25, 0.3) is 0 Å². The van der Waals surface area contributed by atoms with E-state index in [0.29, 0.717) is 5.17 Å². The minimum atomic E-state index is 0.414. The Kier molecular flexibility index (Phi) is 2.85. The summed E-state index contributed by atoms with van der Waals surface area (Å²) in [5.74, 6) is 0. The third kappa shape index (κ3) is 3.76. The summed E-state index contributed by atoms with van der Waals surface area (Å²) in [5, 5.41) is 3.72. The number of hydrogen-bond acceptors (Lipinski definition) is 2. The monoisotopic (exact) mass is 107 g/mol. The Bertz CT molecular complexity index is 57.8. The van der Waals surface area contributed by atoms with Gasteiger partial charge < -0.3 is 4.84 Å². The third-order valence-corrected chi connectivity index (χ3v) is 0.286. The first kappa shape index (κ1) is 5.76. The first-order valence-electron chi connectivity index (χ1n) is 1.50. The average molecular weight is 108 g/mol. The Balaban J connectivity index is 3.14. The average Bonchev–Trinajstić information content (AvgIpc) is 1.35. The van der Waals surface area contributed by atoms with Crippen molar-refractivity contribution >= 4 is 16.8 Å². The highest BCUT2D eigenvalue weighted by molar-refractivity contribution is 6.64. The van der Waals surface area contributed by atoms with Crippen LogP contribution in [-0.4, -0.2) is 12.3 Å². The molecule has 0 radical (unpaired) electrons. The quantitative estimate of drug-likeness (QED) is 0.365. The molecule has 2 nitrogen and oxygen atoms in total. The van der Waals surface area contributed by atoms with Crippen LogP contribution in [0, 0.1) is 0 Å². The molecule has 0 aromatic rings. The van der Waals surface area contributed by atoms with E-state index in [4.69, 9.17) is 11.6 Å². The molecule has 0 aliphatic rings. The number of oxime groups is 1. The lowest BCUT2D eigenvalue weighted by molar-refractivity contribution is 0.214. The van der Waals surface area contributed by atoms with Gasteiger partial charge in [0.15, 0.2) is 0 Å². The minimum Gasteiger partial charge on any atom is -0.398 e. The van der Waals surface area contributed by atoms with E-state index in [2.05, 4.69) is 9.99 Å². The van der Waals surface area contributed by atoms with Gasteiger partial charge >= 0.3 is 0 Å². The molecule has 6 heavy (non-hydrogen) atoms. The zero-order valence-electron chi connectivity index (χ0n) is 3.73. The highest BCUT2D eigenvalue weighted by Crippen LogP contribution is 1.80. The summed E-state index contributed by atoms with van der Waals surface area (Å²) >= 11 is 5.20. The molecule has 0 saturated heterocycles. The summed E-state index contributed by atoms with van der Waals surface area (Å²) in [7, 11) is 1.45. The predicted octanol–water partition coefficient (Wildman–Crippen LogP) is 1.21. The molecule has 36 valence electrons. The van der Waals surface area contributed by atoms with Crippen LogP contribution in [-0.2, 0) is 4.84 Å². The van der Waals surface area contributed by atoms with Gasteiger partial charge in [-0.15, -0.1) is 0 Å². The van der Waals surface area contributed by atoms with E-state index < -0.39 is 0 Å². The van der Waals surface area contributed by atoms with Gasteiger partial charge in [0.2, 0.25) is 0 Å². The van der Waals surface area contributed by atoms with E-state index in [0.717, 1.165) is 0 Å². The van der Waals surface area contributed by atoms with E-state index in [9.17, 15) is 0 Å². The maximum atomic E-state index is 5.20. The number of nitrogens with zero attached hydrogens (tertiary/aromatic N) is 1. The molecular formula is C3H6ClNO. The molecule has 0 heterocycles. The van der Waals surface area contributed by atoms with Gasteiger partial charge in [-0.1, -0.05) is 16.8 Å². The van der Waals surface area contributed by atoms with Crippen LogP contribution >= 0.6 is 11.6 Å². The molecule has 0 aliphatic heterocycles. The van der Waals surface area contributed by atoms with Gasteiger partial charge in [0.1, 0.15) is 12.3 Å². The molecule has 3 heteroatoms. The number of rotatable bonds is 1. The largest absolute Gasteiger partial charge is 0.398 e. The van der Waals surface area contributed by atoms with Gasteiger partial charge in [-0.2, -0.15) is 0 Å². The van der Waals surface area contributed by atoms with Crippen LogP contribution in [0.25, 0.3) is 0 Å². The third-order valence-electron chi connectivity index (χ3n) is 0.217. The standard InChI is InChI=1S/C3H6ClNO/c1-3(4)5-6-2/h1-2H3. The zero-order valence-corrected chi connectivity index (χ0v) is 4.49. The lowest BCUT2D eigenvalue weighted by Crippen LogP contribution is -1.74. The SMILES string of the molecule is CON=C(C)Cl. The Labute approximate surface area is 41.7 Å². The van der Waals surface area contributed by atoms with Gasteiger partial charge in [0.05, 0.1) is 0 Å². The van der Waals surface area contributed by atoms with Crippen molar-refractivity contribution in [3.8, 4) is 0 Å². The van der Waals surface area contributed by atoms with Crippen molar-refractivity contribution in [1.29, 1.82) is 0 Å². The predicted molar refractivity (Wildman–Crippen MR) is 26.0 cm³/mol. The topological polar surface area (TPSA) is 21.6 Å². The lowest BCUT2D eigenvalue weighted by atomic mass is 10.9. The van der Waals surface area contributed by atoms with E-state index in [1.165, 1.54) is 7.11 Å². The van der Waals surface area contributed by atoms with Crippen LogP contribution < -0.4 is 0 Å². The molecule has 0 spiro atoms. The van der Waals surface area contributed by atoms with Gasteiger partial charge in [-0.25, -0.2) is 0 Å². The fourth-order valence-electron chi connectivity index (χ4n) is 0.126. The van der Waals surface area contributed by atoms with Crippen molar-refractivity contribution in [3.63, 3.8) is 0 Å². The smallest absolute Gasteiger partial charge is 0.142 e. The van der Waals surface area contributed by atoms with Crippen molar-refractivity contribution in [2.45, 2.75) is 6.92 Å². The fraction of sp³-hybridized carbons (Fsp3) is 0.667. The van der Waals surface area contributed by atoms with Crippen molar-refractivity contribution in [1.82, 2.24) is 0 Å². The molecule has 0 aromatic heterocycles. The molecular weight excluding hydrogens is 101 g/mol. The Morgan fingerprint density at radius 3 is 2.33 bits per heavy atom. The zero-order chi connectivity index (χ0) is 4.99. The minimum absolute atomic E-state index is 0.414. The second-order valence-corrected chi connectivity index (χ2v) is 1.32. The second kappa shape index (κ2) is 2.97. The number of halogens is 1. The molecule has 0 saturated carbocycles. The van der Waals surface area contributed by atoms with E-state index >= 15 is 0 Å². The highest BCUT2D eigenvalue weighted by atomic mass is 35.5. The van der Waals surface area contributed by atoms with Crippen LogP contribution in [0.1, 0.15) is 6.92 Å². The van der Waals surface area contributed by atoms with Crippen LogP contribution in [0.15, 0.2) is 5.16 Å². The summed E-state index contributed by atoms with van der Waals surface area (Å²) in [6.45, 7) is 1.64. The highest BCUT2D eigenvalue weighted by Gasteiger charge is 1.72. The van der Waals surface area contributed by atoms with Crippen LogP contribution in [0.3, 0.4) is 0 Å². The van der Waals surface area contributed by atoms with Crippen molar-refractivity contribution in [3.05, 3.63) is 0 Å². The number of hydrogen-bond donors (Lipinski definition) is 0. The normalized spacial score (nSPS) is 11.5. The summed E-state index contributed by atoms with van der Waals surface area (Å²) in [6.07, 6.45) is 0. The molecule has 0 N–H and O–H groups in total. The second-order valence-electron chi connectivity index (χ2n) is 0.771. The lowest BCUT2D eigenvalue weighted by Gasteiger charge is -1.81. The van der Waals surface area contributed by atoms with Crippen LogP contribution in [0.4, 0.5) is 0 Å². The van der Waals surface area contributed by atoms with E-state index in [-0.39, 0.29) is 0 Å². The Morgan fingerprint density at radius 2 is 2.33 bits per heavy atom. The van der Waals surface area contributed by atoms with Gasteiger partial charge in [-0.05, 0) is 6.92 Å². The maximum absolute atomic E-state index is 5.20. The summed E-state index contributed by atoms with van der Waals surface area (Å²) in [5.41, 5.74) is 0. The fourth-order valence-corrected chi connectivity index (χ4v) is 0.195. The first-order valence-corrected chi connectivity index (χ1v) is 1.88. The molecule has 0 fully saturated rings. The molecule has 0 amide bonds. The van der Waals surface area contributed by atoms with Crippen molar-refractivity contribution in [2.75, 3.05) is 7.11 Å². The van der Waals surface area contributed by atoms with Gasteiger partial charge in [-0.3, -0.25) is 0 Å². The van der Waals surface area contributed by atoms with Crippen molar-refractivity contribution < 1.29 is 4.84 Å². The van der Waals surface area contributed by atoms with E-state index in [1.54, 1.807) is 6.92 Å². The van der Waals surface area contributed by atoms with Crippen LogP contribution in [0.2, 0.25) is 0 Å². The van der Waals surface area contributed by atoms with Crippen molar-refractivity contribution in [2.24, 2.45) is 5.16 Å². The maximum Gasteiger partial charge on any atom is 0.142 e. The Hall–Kier alpha value is -0.240. The summed E-state index contributed by atoms with van der Waals surface area (Å²) in [6, 6.07) is 0. The first-order chi connectivity index (χ1) is 2.77. The molecule has 0 rings (SSSR count). The van der Waals surface area contributed by atoms with Crippen LogP contribution in [0.5, 0.6) is 0 Å². The molecule has 0 unspecified atom stereocenters. The summed E-state index contributed by atoms with van der Waals surface area (Å²) in [4.78, 5) is 4.26.